The quantitative estimate of drug-likeness (QED) is 0.695. The Labute approximate surface area is 134 Å². The molecule has 0 aliphatic heterocycles. The first-order chi connectivity index (χ1) is 9.78. The predicted molar refractivity (Wildman–Crippen MR) is 91.0 cm³/mol. The van der Waals surface area contributed by atoms with Crippen molar-refractivity contribution in [1.29, 1.82) is 0 Å². The van der Waals surface area contributed by atoms with E-state index in [9.17, 15) is 0 Å². The number of ether oxygens (including phenoxy) is 2. The van der Waals surface area contributed by atoms with Crippen LogP contribution in [0.2, 0.25) is 0 Å². The number of aryl methyl sites for hydroxylation is 1. The third kappa shape index (κ3) is 8.57. The van der Waals surface area contributed by atoms with Gasteiger partial charge in [-0.25, -0.2) is 0 Å². The highest BCUT2D eigenvalue weighted by Gasteiger charge is 2.11. The molecule has 0 aliphatic carbocycles. The second-order valence-corrected chi connectivity index (χ2v) is 8.26. The first-order valence-corrected chi connectivity index (χ1v) is 8.58. The molecule has 0 radical (unpaired) electrons. The van der Waals surface area contributed by atoms with E-state index in [-0.39, 0.29) is 5.54 Å². The van der Waals surface area contributed by atoms with Gasteiger partial charge in [0, 0.05) is 28.4 Å². The largest absolute Gasteiger partial charge is 0.379 e. The summed E-state index contributed by atoms with van der Waals surface area (Å²) in [5.41, 5.74) is 1.46. The zero-order valence-electron chi connectivity index (χ0n) is 14.4. The topological polar surface area (TPSA) is 30.5 Å². The molecule has 0 fully saturated rings. The van der Waals surface area contributed by atoms with Gasteiger partial charge in [0.05, 0.1) is 19.8 Å². The molecule has 0 spiro atoms. The van der Waals surface area contributed by atoms with Crippen LogP contribution < -0.4 is 5.32 Å². The number of thiophene rings is 1. The van der Waals surface area contributed by atoms with Crippen LogP contribution in [0.4, 0.5) is 0 Å². The molecule has 0 unspecified atom stereocenters. The zero-order chi connectivity index (χ0) is 15.9. The minimum absolute atomic E-state index is 0.155. The molecule has 0 atom stereocenters. The second-order valence-electron chi connectivity index (χ2n) is 6.92. The van der Waals surface area contributed by atoms with Crippen LogP contribution >= 0.6 is 11.3 Å². The first-order valence-electron chi connectivity index (χ1n) is 7.76. The van der Waals surface area contributed by atoms with Crippen molar-refractivity contribution in [3.63, 3.8) is 0 Å². The van der Waals surface area contributed by atoms with Crippen LogP contribution in [0.5, 0.6) is 0 Å². The van der Waals surface area contributed by atoms with Gasteiger partial charge in [-0.15, -0.1) is 11.3 Å². The van der Waals surface area contributed by atoms with Crippen molar-refractivity contribution in [1.82, 2.24) is 5.32 Å². The second kappa shape index (κ2) is 8.89. The van der Waals surface area contributed by atoms with Gasteiger partial charge in [-0.1, -0.05) is 13.8 Å². The van der Waals surface area contributed by atoms with Gasteiger partial charge in [-0.2, -0.15) is 0 Å². The van der Waals surface area contributed by atoms with Crippen molar-refractivity contribution in [3.05, 3.63) is 21.4 Å². The van der Waals surface area contributed by atoms with Crippen molar-refractivity contribution >= 4 is 11.3 Å². The smallest absolute Gasteiger partial charge is 0.0728 e. The van der Waals surface area contributed by atoms with Crippen LogP contribution in [0, 0.1) is 12.8 Å². The Kier molecular flexibility index (Phi) is 7.88. The number of hydrogen-bond acceptors (Lipinski definition) is 4. The van der Waals surface area contributed by atoms with Crippen LogP contribution in [0.1, 0.15) is 49.9 Å². The highest BCUT2D eigenvalue weighted by molar-refractivity contribution is 7.12. The third-order valence-electron chi connectivity index (χ3n) is 2.95. The standard InChI is InChI=1S/C17H31NO2S/c1-13(2)11-19-7-8-20-12-15-9-16(21-14(15)3)10-18-17(4,5)6/h9,13,18H,7-8,10-12H2,1-6H3. The fourth-order valence-electron chi connectivity index (χ4n) is 1.79. The lowest BCUT2D eigenvalue weighted by Gasteiger charge is -2.19. The maximum atomic E-state index is 5.70. The Morgan fingerprint density at radius 1 is 1.19 bits per heavy atom. The minimum atomic E-state index is 0.155. The van der Waals surface area contributed by atoms with Crippen molar-refractivity contribution in [3.8, 4) is 0 Å². The number of hydrogen-bond donors (Lipinski definition) is 1. The summed E-state index contributed by atoms with van der Waals surface area (Å²) >= 11 is 1.85. The van der Waals surface area contributed by atoms with Crippen molar-refractivity contribution in [2.24, 2.45) is 5.92 Å². The Bertz CT molecular complexity index is 407. The van der Waals surface area contributed by atoms with E-state index in [4.69, 9.17) is 9.47 Å². The summed E-state index contributed by atoms with van der Waals surface area (Å²) in [6.07, 6.45) is 0. The van der Waals surface area contributed by atoms with Gasteiger partial charge in [0.25, 0.3) is 0 Å². The highest BCUT2D eigenvalue weighted by Crippen LogP contribution is 2.22. The van der Waals surface area contributed by atoms with Crippen molar-refractivity contribution in [2.75, 3.05) is 19.8 Å². The summed E-state index contributed by atoms with van der Waals surface area (Å²) < 4.78 is 11.2. The van der Waals surface area contributed by atoms with Gasteiger partial charge in [0.1, 0.15) is 0 Å². The van der Waals surface area contributed by atoms with E-state index in [0.717, 1.165) is 13.2 Å². The summed E-state index contributed by atoms with van der Waals surface area (Å²) in [4.78, 5) is 2.72. The van der Waals surface area contributed by atoms with Gasteiger partial charge in [0.15, 0.2) is 0 Å². The monoisotopic (exact) mass is 313 g/mol. The van der Waals surface area contributed by atoms with E-state index in [1.165, 1.54) is 15.3 Å². The summed E-state index contributed by atoms with van der Waals surface area (Å²) in [7, 11) is 0. The molecule has 1 aromatic heterocycles. The summed E-state index contributed by atoms with van der Waals surface area (Å²) in [5.74, 6) is 0.585. The van der Waals surface area contributed by atoms with Gasteiger partial charge >= 0.3 is 0 Å². The van der Waals surface area contributed by atoms with Crippen molar-refractivity contribution < 1.29 is 9.47 Å². The molecule has 1 rings (SSSR count). The van der Waals surface area contributed by atoms with E-state index in [1.54, 1.807) is 0 Å². The Morgan fingerprint density at radius 3 is 2.48 bits per heavy atom. The predicted octanol–water partition coefficient (Wildman–Crippen LogP) is 4.13. The molecule has 0 amide bonds. The Balaban J connectivity index is 2.27. The van der Waals surface area contributed by atoms with Gasteiger partial charge in [-0.3, -0.25) is 0 Å². The van der Waals surface area contributed by atoms with Gasteiger partial charge in [-0.05, 0) is 45.2 Å². The van der Waals surface area contributed by atoms with Gasteiger partial charge < -0.3 is 14.8 Å². The van der Waals surface area contributed by atoms with Crippen LogP contribution in [0.15, 0.2) is 6.07 Å². The first kappa shape index (κ1) is 18.6. The van der Waals surface area contributed by atoms with Crippen LogP contribution in [-0.4, -0.2) is 25.4 Å². The van der Waals surface area contributed by atoms with E-state index in [2.05, 4.69) is 52.9 Å². The molecule has 21 heavy (non-hydrogen) atoms. The average molecular weight is 314 g/mol. The van der Waals surface area contributed by atoms with Crippen LogP contribution in [0.25, 0.3) is 0 Å². The molecule has 0 saturated carbocycles. The number of nitrogens with one attached hydrogen (secondary N) is 1. The maximum Gasteiger partial charge on any atom is 0.0728 e. The van der Waals surface area contributed by atoms with E-state index < -0.39 is 0 Å². The average Bonchev–Trinajstić information content (AvgIpc) is 2.71. The van der Waals surface area contributed by atoms with E-state index in [1.807, 2.05) is 11.3 Å². The molecular weight excluding hydrogens is 282 g/mol. The van der Waals surface area contributed by atoms with Crippen LogP contribution in [-0.2, 0) is 22.6 Å². The Morgan fingerprint density at radius 2 is 1.86 bits per heavy atom. The van der Waals surface area contributed by atoms with Crippen LogP contribution in [0.3, 0.4) is 0 Å². The van der Waals surface area contributed by atoms with E-state index in [0.29, 0.717) is 25.7 Å². The summed E-state index contributed by atoms with van der Waals surface area (Å²) in [6, 6.07) is 2.26. The fourth-order valence-corrected chi connectivity index (χ4v) is 2.78. The lowest BCUT2D eigenvalue weighted by molar-refractivity contribution is 0.0314. The molecule has 3 nitrogen and oxygen atoms in total. The molecule has 0 saturated heterocycles. The molecule has 0 aromatic carbocycles. The zero-order valence-corrected chi connectivity index (χ0v) is 15.2. The normalized spacial score (nSPS) is 12.3. The molecular formula is C17H31NO2S. The lowest BCUT2D eigenvalue weighted by atomic mass is 10.1. The van der Waals surface area contributed by atoms with Gasteiger partial charge in [0.2, 0.25) is 0 Å². The number of rotatable bonds is 9. The maximum absolute atomic E-state index is 5.70. The van der Waals surface area contributed by atoms with Crippen molar-refractivity contribution in [2.45, 2.75) is 60.2 Å². The molecule has 0 bridgehead atoms. The molecule has 1 heterocycles. The third-order valence-corrected chi connectivity index (χ3v) is 4.04. The summed E-state index contributed by atoms with van der Waals surface area (Å²) in [6.45, 7) is 16.8. The molecule has 1 aromatic rings. The lowest BCUT2D eigenvalue weighted by Crippen LogP contribution is -2.34. The molecule has 1 N–H and O–H groups in total. The van der Waals surface area contributed by atoms with E-state index >= 15 is 0 Å². The molecule has 4 heteroatoms. The fraction of sp³-hybridized carbons (Fsp3) is 0.765. The highest BCUT2D eigenvalue weighted by atomic mass is 32.1. The Hall–Kier alpha value is -0.420. The minimum Gasteiger partial charge on any atom is -0.379 e. The molecule has 0 aliphatic rings. The SMILES string of the molecule is Cc1sc(CNC(C)(C)C)cc1COCCOCC(C)C. The molecule has 122 valence electrons. The summed E-state index contributed by atoms with van der Waals surface area (Å²) in [5, 5.41) is 3.52.